The molecule has 2 N–H and O–H groups in total. The Bertz CT molecular complexity index is 1870. The molecule has 2 aliphatic heterocycles. The first kappa shape index (κ1) is 31.3. The van der Waals surface area contributed by atoms with Crippen LogP contribution in [0, 0.1) is 5.92 Å². The number of hydrogen-bond acceptors (Lipinski definition) is 7. The quantitative estimate of drug-likeness (QED) is 0.271. The summed E-state index contributed by atoms with van der Waals surface area (Å²) in [4.78, 5) is 30.7. The van der Waals surface area contributed by atoms with Crippen molar-refractivity contribution in [2.45, 2.75) is 74.9 Å². The number of hydrogen-bond donors (Lipinski definition) is 2. The minimum absolute atomic E-state index is 0.0465. The first-order valence-corrected chi connectivity index (χ1v) is 18.1. The molecule has 0 bridgehead atoms. The summed E-state index contributed by atoms with van der Waals surface area (Å²) in [5.74, 6) is -0.628. The predicted octanol–water partition coefficient (Wildman–Crippen LogP) is 4.52. The van der Waals surface area contributed by atoms with Gasteiger partial charge in [-0.2, -0.15) is 4.31 Å². The van der Waals surface area contributed by atoms with Crippen LogP contribution in [-0.2, 0) is 26.2 Å². The molecule has 3 aliphatic rings. The van der Waals surface area contributed by atoms with Crippen molar-refractivity contribution in [2.75, 3.05) is 29.9 Å². The molecular formula is C35H41N7O4S. The van der Waals surface area contributed by atoms with Crippen molar-refractivity contribution in [2.24, 2.45) is 5.92 Å². The van der Waals surface area contributed by atoms with Crippen LogP contribution in [0.1, 0.15) is 56.9 Å². The molecule has 0 unspecified atom stereocenters. The van der Waals surface area contributed by atoms with Crippen molar-refractivity contribution < 1.29 is 18.0 Å². The fraction of sp³-hybridized carbons (Fsp3) is 0.429. The highest BCUT2D eigenvalue weighted by Crippen LogP contribution is 2.38. The summed E-state index contributed by atoms with van der Waals surface area (Å²) < 4.78 is 30.3. The molecule has 4 aromatic rings. The third kappa shape index (κ3) is 6.23. The second-order valence-electron chi connectivity index (χ2n) is 13.1. The maximum absolute atomic E-state index is 14.6. The summed E-state index contributed by atoms with van der Waals surface area (Å²) in [5.41, 5.74) is 3.71. The molecule has 2 amide bonds. The number of nitrogens with one attached hydrogen (secondary N) is 2. The van der Waals surface area contributed by atoms with Gasteiger partial charge in [-0.3, -0.25) is 14.5 Å². The van der Waals surface area contributed by atoms with Gasteiger partial charge in [0.2, 0.25) is 21.8 Å². The Hall–Kier alpha value is -4.29. The lowest BCUT2D eigenvalue weighted by atomic mass is 9.90. The van der Waals surface area contributed by atoms with Gasteiger partial charge in [0.15, 0.2) is 0 Å². The predicted molar refractivity (Wildman–Crippen MR) is 180 cm³/mol. The molecule has 2 fully saturated rings. The average Bonchev–Trinajstić information content (AvgIpc) is 3.85. The Morgan fingerprint density at radius 3 is 2.51 bits per heavy atom. The average molecular weight is 656 g/mol. The van der Waals surface area contributed by atoms with Gasteiger partial charge in [-0.1, -0.05) is 55.3 Å². The minimum Gasteiger partial charge on any atom is -0.384 e. The molecule has 0 radical (unpaired) electrons. The molecule has 1 saturated carbocycles. The number of nitrogens with zero attached hydrogens (tertiary/aromatic N) is 5. The van der Waals surface area contributed by atoms with Crippen LogP contribution in [0.4, 0.5) is 11.4 Å². The Balaban J connectivity index is 1.29. The van der Waals surface area contributed by atoms with Crippen LogP contribution < -0.4 is 15.5 Å². The third-order valence-corrected chi connectivity index (χ3v) is 11.7. The van der Waals surface area contributed by atoms with Crippen LogP contribution in [0.15, 0.2) is 77.7 Å². The zero-order valence-corrected chi connectivity index (χ0v) is 27.4. The number of aromatic nitrogens is 3. The zero-order valence-electron chi connectivity index (χ0n) is 26.6. The summed E-state index contributed by atoms with van der Waals surface area (Å²) >= 11 is 0. The van der Waals surface area contributed by atoms with E-state index in [2.05, 4.69) is 27.9 Å². The standard InChI is InChI=1S/C35H41N7O4S/c1-24-9-8-20-40(22-24)47(45,46)27-18-16-26(17-19-27)42(33(43)23-41-32-15-7-6-14-31(32)38-39-41)34(35(44)37-25-10-2-3-11-25)29-21-36-30-13-5-4-12-28(29)30/h4-7,12-19,24-25,29,34,36H,2-3,8-11,20-23H2,1H3,(H,37,44)/t24-,29+,34+/m1/s1. The number of fused-ring (bicyclic) bond motifs is 2. The van der Waals surface area contributed by atoms with Crippen LogP contribution in [0.25, 0.3) is 11.0 Å². The highest BCUT2D eigenvalue weighted by molar-refractivity contribution is 7.89. The summed E-state index contributed by atoms with van der Waals surface area (Å²) in [7, 11) is -3.71. The van der Waals surface area contributed by atoms with E-state index in [0.717, 1.165) is 49.8 Å². The smallest absolute Gasteiger partial charge is 0.249 e. The highest BCUT2D eigenvalue weighted by atomic mass is 32.2. The summed E-state index contributed by atoms with van der Waals surface area (Å²) in [5, 5.41) is 15.2. The van der Waals surface area contributed by atoms with E-state index in [1.54, 1.807) is 38.2 Å². The Labute approximate surface area is 275 Å². The van der Waals surface area contributed by atoms with E-state index in [1.807, 2.05) is 48.5 Å². The summed E-state index contributed by atoms with van der Waals surface area (Å²) in [6, 6.07) is 20.9. The second kappa shape index (κ2) is 13.1. The fourth-order valence-corrected chi connectivity index (χ4v) is 9.02. The van der Waals surface area contributed by atoms with Crippen LogP contribution in [-0.4, -0.2) is 71.2 Å². The van der Waals surface area contributed by atoms with Gasteiger partial charge in [-0.25, -0.2) is 13.1 Å². The normalized spacial score (nSPS) is 20.9. The summed E-state index contributed by atoms with van der Waals surface area (Å²) in [6.07, 6.45) is 5.74. The Kier molecular flexibility index (Phi) is 8.71. The maximum Gasteiger partial charge on any atom is 0.249 e. The Morgan fingerprint density at radius 1 is 0.979 bits per heavy atom. The number of carbonyl (C=O) groups excluding carboxylic acids is 2. The maximum atomic E-state index is 14.6. The van der Waals surface area contributed by atoms with Crippen molar-refractivity contribution in [3.8, 4) is 0 Å². The lowest BCUT2D eigenvalue weighted by Gasteiger charge is -2.36. The number of amides is 2. The monoisotopic (exact) mass is 655 g/mol. The van der Waals surface area contributed by atoms with Gasteiger partial charge in [0.25, 0.3) is 0 Å². The van der Waals surface area contributed by atoms with Crippen LogP contribution >= 0.6 is 0 Å². The van der Waals surface area contributed by atoms with Gasteiger partial charge in [0.1, 0.15) is 18.1 Å². The van der Waals surface area contributed by atoms with E-state index in [4.69, 9.17) is 0 Å². The first-order chi connectivity index (χ1) is 22.8. The number of rotatable bonds is 9. The molecule has 1 aliphatic carbocycles. The van der Waals surface area contributed by atoms with Gasteiger partial charge in [-0.15, -0.1) is 5.10 Å². The largest absolute Gasteiger partial charge is 0.384 e. The van der Waals surface area contributed by atoms with E-state index in [1.165, 1.54) is 0 Å². The number of benzene rings is 3. The molecule has 246 valence electrons. The SMILES string of the molecule is C[C@@H]1CCCN(S(=O)(=O)c2ccc(N(C(=O)Cn3nnc4ccccc43)[C@H](C(=O)NC3CCCC3)[C@H]3CNc4ccccc43)cc2)C1. The van der Waals surface area contributed by atoms with Crippen LogP contribution in [0.2, 0.25) is 0 Å². The molecule has 12 heteroatoms. The van der Waals surface area contributed by atoms with Gasteiger partial charge in [0, 0.05) is 43.0 Å². The van der Waals surface area contributed by atoms with Gasteiger partial charge in [0.05, 0.1) is 10.4 Å². The number of anilines is 2. The number of carbonyl (C=O) groups is 2. The molecule has 1 aromatic heterocycles. The Morgan fingerprint density at radius 2 is 1.72 bits per heavy atom. The molecular weight excluding hydrogens is 614 g/mol. The molecule has 3 aromatic carbocycles. The third-order valence-electron chi connectivity index (χ3n) is 9.85. The first-order valence-electron chi connectivity index (χ1n) is 16.6. The van der Waals surface area contributed by atoms with Crippen molar-refractivity contribution in [1.82, 2.24) is 24.6 Å². The molecule has 1 saturated heterocycles. The van der Waals surface area contributed by atoms with Crippen molar-refractivity contribution in [1.29, 1.82) is 0 Å². The van der Waals surface area contributed by atoms with Gasteiger partial charge < -0.3 is 10.6 Å². The van der Waals surface area contributed by atoms with E-state index in [0.29, 0.717) is 42.3 Å². The van der Waals surface area contributed by atoms with E-state index >= 15 is 0 Å². The summed E-state index contributed by atoms with van der Waals surface area (Å²) in [6.45, 7) is 3.36. The van der Waals surface area contributed by atoms with Crippen LogP contribution in [0.3, 0.4) is 0 Å². The minimum atomic E-state index is -3.71. The van der Waals surface area contributed by atoms with Gasteiger partial charge >= 0.3 is 0 Å². The number of para-hydroxylation sites is 2. The molecule has 7 rings (SSSR count). The molecule has 3 atom stereocenters. The topological polar surface area (TPSA) is 130 Å². The molecule has 0 spiro atoms. The lowest BCUT2D eigenvalue weighted by molar-refractivity contribution is -0.127. The van der Waals surface area contributed by atoms with Crippen molar-refractivity contribution in [3.05, 3.63) is 78.4 Å². The molecule has 3 heterocycles. The fourth-order valence-electron chi connectivity index (χ4n) is 7.42. The van der Waals surface area contributed by atoms with Crippen molar-refractivity contribution >= 4 is 44.2 Å². The number of piperidine rings is 1. The van der Waals surface area contributed by atoms with E-state index in [9.17, 15) is 18.0 Å². The second-order valence-corrected chi connectivity index (χ2v) is 15.1. The molecule has 47 heavy (non-hydrogen) atoms. The lowest BCUT2D eigenvalue weighted by Crippen LogP contribution is -2.55. The van der Waals surface area contributed by atoms with E-state index in [-0.39, 0.29) is 35.2 Å². The molecule has 11 nitrogen and oxygen atoms in total. The zero-order chi connectivity index (χ0) is 32.5. The highest BCUT2D eigenvalue weighted by Gasteiger charge is 2.42. The van der Waals surface area contributed by atoms with E-state index < -0.39 is 16.1 Å². The van der Waals surface area contributed by atoms with Gasteiger partial charge in [-0.05, 0) is 79.6 Å². The van der Waals surface area contributed by atoms with Crippen LogP contribution in [0.5, 0.6) is 0 Å². The number of sulfonamides is 1. The van der Waals surface area contributed by atoms with Crippen molar-refractivity contribution in [3.63, 3.8) is 0 Å².